The van der Waals surface area contributed by atoms with Crippen LogP contribution in [0.3, 0.4) is 0 Å². The van der Waals surface area contributed by atoms with Crippen molar-refractivity contribution >= 4 is 11.7 Å². The van der Waals surface area contributed by atoms with Crippen molar-refractivity contribution in [1.82, 2.24) is 0 Å². The van der Waals surface area contributed by atoms with Gasteiger partial charge in [0.25, 0.3) is 0 Å². The topological polar surface area (TPSA) is 49.8 Å². The molecule has 0 bridgehead atoms. The zero-order chi connectivity index (χ0) is 14.7. The Bertz CT molecular complexity index is 640. The van der Waals surface area contributed by atoms with Crippen LogP contribution in [0.1, 0.15) is 15.9 Å². The lowest BCUT2D eigenvalue weighted by molar-refractivity contribution is 0.0697. The lowest BCUT2D eigenvalue weighted by Gasteiger charge is -2.19. The molecule has 0 saturated carbocycles. The molecular formula is C17H17NO3. The number of nitrogens with zero attached hydrogens (tertiary/aromatic N) is 1. The highest BCUT2D eigenvalue weighted by atomic mass is 16.5. The van der Waals surface area contributed by atoms with Crippen molar-refractivity contribution in [2.75, 3.05) is 24.6 Å². The fourth-order valence-corrected chi connectivity index (χ4v) is 2.63. The zero-order valence-electron chi connectivity index (χ0n) is 11.7. The number of anilines is 1. The molecule has 1 N–H and O–H groups in total. The molecule has 1 aliphatic rings. The maximum Gasteiger partial charge on any atom is 0.335 e. The van der Waals surface area contributed by atoms with E-state index in [4.69, 9.17) is 9.84 Å². The molecule has 0 aliphatic carbocycles. The van der Waals surface area contributed by atoms with Gasteiger partial charge in [-0.25, -0.2) is 4.79 Å². The summed E-state index contributed by atoms with van der Waals surface area (Å²) < 4.78 is 5.71. The van der Waals surface area contributed by atoms with E-state index in [-0.39, 0.29) is 0 Å². The maximum absolute atomic E-state index is 11.0. The highest BCUT2D eigenvalue weighted by molar-refractivity contribution is 5.88. The predicted molar refractivity (Wildman–Crippen MR) is 81.3 cm³/mol. The number of carboxylic acid groups (broad SMARTS) is 1. The molecule has 108 valence electrons. The van der Waals surface area contributed by atoms with Gasteiger partial charge >= 0.3 is 5.97 Å². The zero-order valence-corrected chi connectivity index (χ0v) is 11.7. The Morgan fingerprint density at radius 2 is 2.00 bits per heavy atom. The number of carboxylic acids is 1. The van der Waals surface area contributed by atoms with Crippen molar-refractivity contribution in [3.8, 4) is 5.75 Å². The molecule has 2 aromatic rings. The molecule has 4 heteroatoms. The standard InChI is InChI=1S/C17H17NO3/c19-17(20)14-6-7-16-13(12-14)8-9-18(16)10-11-21-15-4-2-1-3-5-15/h1-7,12H,8-11H2,(H,19,20). The van der Waals surface area contributed by atoms with Gasteiger partial charge in [0.2, 0.25) is 0 Å². The number of ether oxygens (including phenoxy) is 1. The summed E-state index contributed by atoms with van der Waals surface area (Å²) in [4.78, 5) is 13.2. The second-order valence-corrected chi connectivity index (χ2v) is 5.05. The van der Waals surface area contributed by atoms with E-state index in [9.17, 15) is 4.79 Å². The summed E-state index contributed by atoms with van der Waals surface area (Å²) in [5.74, 6) is 0.00167. The number of aromatic carboxylic acids is 1. The number of para-hydroxylation sites is 1. The largest absolute Gasteiger partial charge is 0.492 e. The van der Waals surface area contributed by atoms with Gasteiger partial charge in [0, 0.05) is 12.2 Å². The van der Waals surface area contributed by atoms with Crippen molar-refractivity contribution in [1.29, 1.82) is 0 Å². The molecule has 0 spiro atoms. The Hall–Kier alpha value is -2.49. The lowest BCUT2D eigenvalue weighted by Crippen LogP contribution is -2.26. The average molecular weight is 283 g/mol. The van der Waals surface area contributed by atoms with E-state index in [1.165, 1.54) is 0 Å². The fourth-order valence-electron chi connectivity index (χ4n) is 2.63. The van der Waals surface area contributed by atoms with Crippen LogP contribution >= 0.6 is 0 Å². The molecule has 0 unspecified atom stereocenters. The van der Waals surface area contributed by atoms with Gasteiger partial charge in [-0.2, -0.15) is 0 Å². The minimum absolute atomic E-state index is 0.358. The highest BCUT2D eigenvalue weighted by Crippen LogP contribution is 2.28. The molecule has 0 fully saturated rings. The van der Waals surface area contributed by atoms with Crippen LogP contribution < -0.4 is 9.64 Å². The number of carbonyl (C=O) groups is 1. The van der Waals surface area contributed by atoms with E-state index >= 15 is 0 Å². The third-order valence-electron chi connectivity index (χ3n) is 3.69. The van der Waals surface area contributed by atoms with Gasteiger partial charge in [0.1, 0.15) is 12.4 Å². The molecule has 4 nitrogen and oxygen atoms in total. The van der Waals surface area contributed by atoms with E-state index in [0.29, 0.717) is 12.2 Å². The number of fused-ring (bicyclic) bond motifs is 1. The van der Waals surface area contributed by atoms with Gasteiger partial charge < -0.3 is 14.7 Å². The van der Waals surface area contributed by atoms with Crippen molar-refractivity contribution in [3.63, 3.8) is 0 Å². The SMILES string of the molecule is O=C(O)c1ccc2c(c1)CCN2CCOc1ccccc1. The number of hydrogen-bond acceptors (Lipinski definition) is 3. The maximum atomic E-state index is 11.0. The third-order valence-corrected chi connectivity index (χ3v) is 3.69. The summed E-state index contributed by atoms with van der Waals surface area (Å²) in [6.07, 6.45) is 0.891. The molecule has 0 aromatic heterocycles. The van der Waals surface area contributed by atoms with Crippen LogP contribution in [-0.2, 0) is 6.42 Å². The summed E-state index contributed by atoms with van der Waals surface area (Å²) in [5, 5.41) is 9.02. The first-order valence-electron chi connectivity index (χ1n) is 7.03. The molecule has 21 heavy (non-hydrogen) atoms. The fraction of sp³-hybridized carbons (Fsp3) is 0.235. The number of benzene rings is 2. The Morgan fingerprint density at radius 3 is 2.76 bits per heavy atom. The Balaban J connectivity index is 1.61. The Labute approximate surface area is 123 Å². The summed E-state index contributed by atoms with van der Waals surface area (Å²) in [6, 6.07) is 15.1. The summed E-state index contributed by atoms with van der Waals surface area (Å²) >= 11 is 0. The first-order chi connectivity index (χ1) is 10.2. The third kappa shape index (κ3) is 2.99. The van der Waals surface area contributed by atoms with Crippen molar-refractivity contribution in [3.05, 3.63) is 59.7 Å². The molecule has 3 rings (SSSR count). The normalized spacial score (nSPS) is 13.0. The summed E-state index contributed by atoms with van der Waals surface area (Å²) in [5.41, 5.74) is 2.59. The molecule has 2 aromatic carbocycles. The van der Waals surface area contributed by atoms with Crippen LogP contribution in [0.5, 0.6) is 5.75 Å². The Morgan fingerprint density at radius 1 is 1.19 bits per heavy atom. The molecule has 0 saturated heterocycles. The van der Waals surface area contributed by atoms with Crippen LogP contribution in [0.2, 0.25) is 0 Å². The first-order valence-corrected chi connectivity index (χ1v) is 7.03. The van der Waals surface area contributed by atoms with Crippen molar-refractivity contribution in [2.24, 2.45) is 0 Å². The van der Waals surface area contributed by atoms with Gasteiger partial charge in [-0.3, -0.25) is 0 Å². The van der Waals surface area contributed by atoms with E-state index < -0.39 is 5.97 Å². The van der Waals surface area contributed by atoms with Gasteiger partial charge in [-0.1, -0.05) is 18.2 Å². The summed E-state index contributed by atoms with van der Waals surface area (Å²) in [7, 11) is 0. The number of rotatable bonds is 5. The molecule has 0 radical (unpaired) electrons. The van der Waals surface area contributed by atoms with Crippen LogP contribution in [0, 0.1) is 0 Å². The van der Waals surface area contributed by atoms with Gasteiger partial charge in [0.15, 0.2) is 0 Å². The van der Waals surface area contributed by atoms with Crippen molar-refractivity contribution < 1.29 is 14.6 Å². The van der Waals surface area contributed by atoms with E-state index in [1.54, 1.807) is 12.1 Å². The second kappa shape index (κ2) is 5.87. The van der Waals surface area contributed by atoms with E-state index in [2.05, 4.69) is 4.90 Å². The van der Waals surface area contributed by atoms with E-state index in [1.807, 2.05) is 36.4 Å². The molecule has 1 heterocycles. The van der Waals surface area contributed by atoms with Crippen LogP contribution in [0.15, 0.2) is 48.5 Å². The summed E-state index contributed by atoms with van der Waals surface area (Å²) in [6.45, 7) is 2.33. The quantitative estimate of drug-likeness (QED) is 0.916. The lowest BCUT2D eigenvalue weighted by atomic mass is 10.1. The smallest absolute Gasteiger partial charge is 0.335 e. The van der Waals surface area contributed by atoms with Gasteiger partial charge in [-0.15, -0.1) is 0 Å². The molecule has 0 amide bonds. The molecule has 1 aliphatic heterocycles. The monoisotopic (exact) mass is 283 g/mol. The first kappa shape index (κ1) is 13.5. The van der Waals surface area contributed by atoms with Crippen molar-refractivity contribution in [2.45, 2.75) is 6.42 Å². The van der Waals surface area contributed by atoms with Crippen LogP contribution in [0.4, 0.5) is 5.69 Å². The second-order valence-electron chi connectivity index (χ2n) is 5.05. The van der Waals surface area contributed by atoms with E-state index in [0.717, 1.165) is 36.5 Å². The minimum atomic E-state index is -0.872. The van der Waals surface area contributed by atoms with Crippen LogP contribution in [0.25, 0.3) is 0 Å². The van der Waals surface area contributed by atoms with Gasteiger partial charge in [0.05, 0.1) is 12.1 Å². The average Bonchev–Trinajstić information content (AvgIpc) is 2.91. The van der Waals surface area contributed by atoms with Crippen LogP contribution in [-0.4, -0.2) is 30.8 Å². The molecular weight excluding hydrogens is 266 g/mol. The minimum Gasteiger partial charge on any atom is -0.492 e. The Kier molecular flexibility index (Phi) is 3.77. The number of hydrogen-bond donors (Lipinski definition) is 1. The molecule has 0 atom stereocenters. The predicted octanol–water partition coefficient (Wildman–Crippen LogP) is 2.83. The highest BCUT2D eigenvalue weighted by Gasteiger charge is 2.20. The van der Waals surface area contributed by atoms with Gasteiger partial charge in [-0.05, 0) is 42.3 Å².